The molecule has 0 aliphatic carbocycles. The number of carbonyl (C=O) groups is 1. The van der Waals surface area contributed by atoms with Crippen molar-refractivity contribution in [1.82, 2.24) is 15.2 Å². The van der Waals surface area contributed by atoms with Gasteiger partial charge in [0.25, 0.3) is 0 Å². The van der Waals surface area contributed by atoms with E-state index in [2.05, 4.69) is 10.3 Å². The predicted molar refractivity (Wildman–Crippen MR) is 80.7 cm³/mol. The van der Waals surface area contributed by atoms with Crippen molar-refractivity contribution in [2.45, 2.75) is 32.7 Å². The van der Waals surface area contributed by atoms with Crippen LogP contribution in [0, 0.1) is 12.7 Å². The van der Waals surface area contributed by atoms with Gasteiger partial charge in [0.2, 0.25) is 0 Å². The SMILES string of the molecule is Cc1cc2[nH]c(CNC(=O)N3CCCCC3)cc2cc1F. The number of benzene rings is 1. The van der Waals surface area contributed by atoms with Gasteiger partial charge in [-0.1, -0.05) is 0 Å². The van der Waals surface area contributed by atoms with E-state index in [0.29, 0.717) is 12.1 Å². The summed E-state index contributed by atoms with van der Waals surface area (Å²) in [5, 5.41) is 3.75. The van der Waals surface area contributed by atoms with Gasteiger partial charge < -0.3 is 15.2 Å². The highest BCUT2D eigenvalue weighted by Gasteiger charge is 2.16. The molecule has 1 aromatic carbocycles. The lowest BCUT2D eigenvalue weighted by Crippen LogP contribution is -2.42. The van der Waals surface area contributed by atoms with Crippen LogP contribution in [-0.4, -0.2) is 29.0 Å². The van der Waals surface area contributed by atoms with E-state index >= 15 is 0 Å². The van der Waals surface area contributed by atoms with Crippen molar-refractivity contribution in [2.24, 2.45) is 0 Å². The van der Waals surface area contributed by atoms with Gasteiger partial charge in [-0.25, -0.2) is 9.18 Å². The Morgan fingerprint density at radius 3 is 2.81 bits per heavy atom. The van der Waals surface area contributed by atoms with Crippen LogP contribution in [0.1, 0.15) is 30.5 Å². The Labute approximate surface area is 123 Å². The number of hydrogen-bond acceptors (Lipinski definition) is 1. The van der Waals surface area contributed by atoms with Crippen LogP contribution in [0.15, 0.2) is 18.2 Å². The zero-order chi connectivity index (χ0) is 14.8. The fourth-order valence-electron chi connectivity index (χ4n) is 2.80. The van der Waals surface area contributed by atoms with E-state index in [1.165, 1.54) is 12.5 Å². The number of aromatic amines is 1. The summed E-state index contributed by atoms with van der Waals surface area (Å²) in [7, 11) is 0. The van der Waals surface area contributed by atoms with Crippen LogP contribution in [0.25, 0.3) is 10.9 Å². The van der Waals surface area contributed by atoms with E-state index in [4.69, 9.17) is 0 Å². The molecule has 1 aromatic heterocycles. The molecule has 0 saturated carbocycles. The number of hydrogen-bond donors (Lipinski definition) is 2. The van der Waals surface area contributed by atoms with Crippen LogP contribution < -0.4 is 5.32 Å². The second-order valence-electron chi connectivity index (χ2n) is 5.69. The first-order valence-electron chi connectivity index (χ1n) is 7.44. The molecular weight excluding hydrogens is 269 g/mol. The maximum absolute atomic E-state index is 13.5. The topological polar surface area (TPSA) is 48.1 Å². The molecule has 1 aliphatic heterocycles. The summed E-state index contributed by atoms with van der Waals surface area (Å²) >= 11 is 0. The number of halogens is 1. The third-order valence-corrected chi connectivity index (χ3v) is 4.03. The molecule has 0 radical (unpaired) electrons. The molecule has 1 aliphatic rings. The van der Waals surface area contributed by atoms with Crippen molar-refractivity contribution in [3.8, 4) is 0 Å². The zero-order valence-electron chi connectivity index (χ0n) is 12.2. The van der Waals surface area contributed by atoms with E-state index in [1.807, 2.05) is 11.0 Å². The molecule has 0 atom stereocenters. The number of urea groups is 1. The number of likely N-dealkylation sites (tertiary alicyclic amines) is 1. The number of nitrogens with one attached hydrogen (secondary N) is 2. The summed E-state index contributed by atoms with van der Waals surface area (Å²) in [6.45, 7) is 3.85. The first-order valence-corrected chi connectivity index (χ1v) is 7.44. The minimum Gasteiger partial charge on any atom is -0.357 e. The number of fused-ring (bicyclic) bond motifs is 1. The molecule has 3 rings (SSSR count). The first-order chi connectivity index (χ1) is 10.1. The Morgan fingerprint density at radius 2 is 2.05 bits per heavy atom. The van der Waals surface area contributed by atoms with Gasteiger partial charge in [-0.05, 0) is 49.9 Å². The smallest absolute Gasteiger partial charge is 0.317 e. The number of carbonyl (C=O) groups excluding carboxylic acids is 1. The molecule has 0 bridgehead atoms. The van der Waals surface area contributed by atoms with E-state index in [-0.39, 0.29) is 11.8 Å². The lowest BCUT2D eigenvalue weighted by molar-refractivity contribution is 0.186. The largest absolute Gasteiger partial charge is 0.357 e. The van der Waals surface area contributed by atoms with Crippen LogP contribution in [-0.2, 0) is 6.54 Å². The van der Waals surface area contributed by atoms with Gasteiger partial charge in [-0.2, -0.15) is 0 Å². The van der Waals surface area contributed by atoms with Gasteiger partial charge >= 0.3 is 6.03 Å². The number of aryl methyl sites for hydroxylation is 1. The fourth-order valence-corrected chi connectivity index (χ4v) is 2.80. The van der Waals surface area contributed by atoms with E-state index < -0.39 is 0 Å². The Balaban J connectivity index is 1.66. The van der Waals surface area contributed by atoms with Gasteiger partial charge in [-0.15, -0.1) is 0 Å². The van der Waals surface area contributed by atoms with Gasteiger partial charge in [0.15, 0.2) is 0 Å². The third-order valence-electron chi connectivity index (χ3n) is 4.03. The van der Waals surface area contributed by atoms with Crippen LogP contribution in [0.3, 0.4) is 0 Å². The number of aromatic nitrogens is 1. The van der Waals surface area contributed by atoms with E-state index in [1.54, 1.807) is 13.0 Å². The summed E-state index contributed by atoms with van der Waals surface area (Å²) < 4.78 is 13.5. The highest BCUT2D eigenvalue weighted by atomic mass is 19.1. The van der Waals surface area contributed by atoms with Crippen molar-refractivity contribution in [3.05, 3.63) is 35.3 Å². The van der Waals surface area contributed by atoms with Crippen LogP contribution in [0.4, 0.5) is 9.18 Å². The lowest BCUT2D eigenvalue weighted by Gasteiger charge is -2.26. The van der Waals surface area contributed by atoms with Crippen LogP contribution >= 0.6 is 0 Å². The van der Waals surface area contributed by atoms with Crippen molar-refractivity contribution >= 4 is 16.9 Å². The maximum Gasteiger partial charge on any atom is 0.317 e. The maximum atomic E-state index is 13.5. The highest BCUT2D eigenvalue weighted by molar-refractivity contribution is 5.81. The number of amides is 2. The van der Waals surface area contributed by atoms with Gasteiger partial charge in [-0.3, -0.25) is 0 Å². The molecule has 2 heterocycles. The van der Waals surface area contributed by atoms with Crippen molar-refractivity contribution in [1.29, 1.82) is 0 Å². The average molecular weight is 289 g/mol. The monoisotopic (exact) mass is 289 g/mol. The summed E-state index contributed by atoms with van der Waals surface area (Å²) in [5.41, 5.74) is 2.41. The summed E-state index contributed by atoms with van der Waals surface area (Å²) in [4.78, 5) is 17.1. The van der Waals surface area contributed by atoms with Crippen LogP contribution in [0.2, 0.25) is 0 Å². The molecule has 4 nitrogen and oxygen atoms in total. The molecule has 1 fully saturated rings. The molecule has 2 amide bonds. The summed E-state index contributed by atoms with van der Waals surface area (Å²) in [6.07, 6.45) is 3.37. The quantitative estimate of drug-likeness (QED) is 0.875. The molecule has 21 heavy (non-hydrogen) atoms. The Kier molecular flexibility index (Phi) is 3.82. The molecular formula is C16H20FN3O. The van der Waals surface area contributed by atoms with E-state index in [0.717, 1.165) is 42.5 Å². The number of nitrogens with zero attached hydrogens (tertiary/aromatic N) is 1. The van der Waals surface area contributed by atoms with E-state index in [9.17, 15) is 9.18 Å². The molecule has 0 spiro atoms. The minimum absolute atomic E-state index is 0.0179. The van der Waals surface area contributed by atoms with Gasteiger partial charge in [0, 0.05) is 29.7 Å². The fraction of sp³-hybridized carbons (Fsp3) is 0.438. The highest BCUT2D eigenvalue weighted by Crippen LogP contribution is 2.19. The molecule has 0 unspecified atom stereocenters. The molecule has 1 saturated heterocycles. The second kappa shape index (κ2) is 5.76. The average Bonchev–Trinajstić information content (AvgIpc) is 2.88. The van der Waals surface area contributed by atoms with Crippen molar-refractivity contribution in [2.75, 3.05) is 13.1 Å². The zero-order valence-corrected chi connectivity index (χ0v) is 12.2. The van der Waals surface area contributed by atoms with Crippen molar-refractivity contribution < 1.29 is 9.18 Å². The molecule has 2 N–H and O–H groups in total. The minimum atomic E-state index is -0.203. The van der Waals surface area contributed by atoms with Gasteiger partial charge in [0.05, 0.1) is 6.54 Å². The van der Waals surface area contributed by atoms with Gasteiger partial charge in [0.1, 0.15) is 5.82 Å². The Bertz CT molecular complexity index is 620. The number of H-pyrrole nitrogens is 1. The summed E-state index contributed by atoms with van der Waals surface area (Å²) in [6, 6.07) is 5.18. The van der Waals surface area contributed by atoms with Crippen LogP contribution in [0.5, 0.6) is 0 Å². The first kappa shape index (κ1) is 13.9. The Hall–Kier alpha value is -2.04. The third kappa shape index (κ3) is 3.01. The second-order valence-corrected chi connectivity index (χ2v) is 5.69. The normalized spacial score (nSPS) is 15.4. The standard InChI is InChI=1S/C16H20FN3O/c1-11-7-15-12(9-14(11)17)8-13(19-15)10-18-16(21)20-5-3-2-4-6-20/h7-9,19H,2-6,10H2,1H3,(H,18,21). The summed E-state index contributed by atoms with van der Waals surface area (Å²) in [5.74, 6) is -0.203. The lowest BCUT2D eigenvalue weighted by atomic mass is 10.1. The molecule has 112 valence electrons. The molecule has 5 heteroatoms. The Morgan fingerprint density at radius 1 is 1.29 bits per heavy atom. The predicted octanol–water partition coefficient (Wildman–Crippen LogP) is 3.31. The number of rotatable bonds is 2. The number of piperidine rings is 1. The molecule has 2 aromatic rings. The van der Waals surface area contributed by atoms with Crippen molar-refractivity contribution in [3.63, 3.8) is 0 Å².